The predicted octanol–water partition coefficient (Wildman–Crippen LogP) is 1.89. The minimum Gasteiger partial charge on any atom is -0.508 e. The van der Waals surface area contributed by atoms with Crippen LogP contribution in [0.3, 0.4) is 0 Å². The molecule has 222 valence electrons. The summed E-state index contributed by atoms with van der Waals surface area (Å²) >= 11 is 0. The second-order valence-electron chi connectivity index (χ2n) is 11.2. The third-order valence-corrected chi connectivity index (χ3v) is 7.86. The fourth-order valence-electron chi connectivity index (χ4n) is 5.45. The van der Waals surface area contributed by atoms with Crippen LogP contribution in [-0.2, 0) is 19.6 Å². The molecule has 0 atom stereocenters. The van der Waals surface area contributed by atoms with E-state index in [0.29, 0.717) is 51.4 Å². The Hall–Kier alpha value is -4.62. The number of aromatic nitrogens is 2. The summed E-state index contributed by atoms with van der Waals surface area (Å²) in [5, 5.41) is 21.4. The maximum Gasteiger partial charge on any atom is 0.344 e. The SMILES string of the molecule is CC(C)c1cc(C(=O)N2Cc3ccc(CN4CCN(C(=O)c5ncn(C(=O)N(C)N)c5N)CC4)cc3C2)c(O)cc1O. The number of carbonyl (C=O) groups is 3. The highest BCUT2D eigenvalue weighted by atomic mass is 16.3. The molecule has 42 heavy (non-hydrogen) atoms. The van der Waals surface area contributed by atoms with Gasteiger partial charge in [-0.3, -0.25) is 19.5 Å². The standard InChI is InChI=1S/C29H36N8O5/c1-17(2)21-11-22(24(39)12-23(21)38)27(40)36-14-19-5-4-18(10-20(19)15-36)13-34-6-8-35(9-7-34)28(41)25-26(30)37(16-32-25)29(42)33(3)31/h4-5,10-12,16-17,38-39H,6-9,13-15,30-31H2,1-3H3. The Morgan fingerprint density at radius 1 is 0.952 bits per heavy atom. The van der Waals surface area contributed by atoms with Gasteiger partial charge in [-0.2, -0.15) is 0 Å². The van der Waals surface area contributed by atoms with E-state index >= 15 is 0 Å². The van der Waals surface area contributed by atoms with Gasteiger partial charge in [0.15, 0.2) is 5.69 Å². The largest absolute Gasteiger partial charge is 0.508 e. The topological polar surface area (TPSA) is 174 Å². The number of fused-ring (bicyclic) bond motifs is 1. The number of piperazine rings is 1. The van der Waals surface area contributed by atoms with Crippen LogP contribution in [-0.4, -0.2) is 90.5 Å². The van der Waals surface area contributed by atoms with Crippen molar-refractivity contribution < 1.29 is 24.6 Å². The van der Waals surface area contributed by atoms with Crippen molar-refractivity contribution in [1.82, 2.24) is 29.3 Å². The Morgan fingerprint density at radius 3 is 2.31 bits per heavy atom. The number of nitrogens with two attached hydrogens (primary N) is 2. The van der Waals surface area contributed by atoms with Crippen LogP contribution in [0, 0.1) is 0 Å². The molecule has 0 spiro atoms. The number of hydrogen-bond donors (Lipinski definition) is 4. The van der Waals surface area contributed by atoms with E-state index in [-0.39, 0.29) is 46.3 Å². The van der Waals surface area contributed by atoms with Gasteiger partial charge in [0.1, 0.15) is 23.6 Å². The molecule has 0 unspecified atom stereocenters. The molecule has 2 aromatic carbocycles. The van der Waals surface area contributed by atoms with Gasteiger partial charge < -0.3 is 25.7 Å². The predicted molar refractivity (Wildman–Crippen MR) is 154 cm³/mol. The lowest BCUT2D eigenvalue weighted by Gasteiger charge is -2.34. The number of nitrogens with zero attached hydrogens (tertiary/aromatic N) is 6. The highest BCUT2D eigenvalue weighted by Crippen LogP contribution is 2.34. The molecule has 13 heteroatoms. The molecule has 1 aromatic heterocycles. The average Bonchev–Trinajstić information content (AvgIpc) is 3.55. The maximum atomic E-state index is 13.3. The van der Waals surface area contributed by atoms with E-state index in [1.54, 1.807) is 15.9 Å². The summed E-state index contributed by atoms with van der Waals surface area (Å²) in [6.45, 7) is 7.66. The number of phenols is 2. The van der Waals surface area contributed by atoms with Gasteiger partial charge in [0.05, 0.1) is 5.56 Å². The van der Waals surface area contributed by atoms with E-state index in [4.69, 9.17) is 11.6 Å². The first kappa shape index (κ1) is 28.9. The summed E-state index contributed by atoms with van der Waals surface area (Å²) in [4.78, 5) is 48.1. The van der Waals surface area contributed by atoms with E-state index in [0.717, 1.165) is 26.3 Å². The van der Waals surface area contributed by atoms with E-state index in [9.17, 15) is 24.6 Å². The number of anilines is 1. The number of nitrogen functional groups attached to an aromatic ring is 1. The second-order valence-corrected chi connectivity index (χ2v) is 11.2. The molecule has 0 radical (unpaired) electrons. The Balaban J connectivity index is 1.19. The first-order valence-electron chi connectivity index (χ1n) is 13.8. The Kier molecular flexibility index (Phi) is 7.80. The summed E-state index contributed by atoms with van der Waals surface area (Å²) in [6.07, 6.45) is 1.20. The number of phenolic OH excluding ortho intramolecular Hbond substituents is 2. The average molecular weight is 577 g/mol. The van der Waals surface area contributed by atoms with Crippen LogP contribution >= 0.6 is 0 Å². The Morgan fingerprint density at radius 2 is 1.64 bits per heavy atom. The third kappa shape index (κ3) is 5.48. The first-order valence-corrected chi connectivity index (χ1v) is 13.8. The number of rotatable bonds is 5. The smallest absolute Gasteiger partial charge is 0.344 e. The molecule has 0 bridgehead atoms. The van der Waals surface area contributed by atoms with Gasteiger partial charge in [-0.05, 0) is 34.2 Å². The van der Waals surface area contributed by atoms with Crippen LogP contribution in [0.1, 0.15) is 62.9 Å². The summed E-state index contributed by atoms with van der Waals surface area (Å²) in [5.74, 6) is 4.57. The Labute approximate surface area is 243 Å². The molecule has 2 aliphatic rings. The fourth-order valence-corrected chi connectivity index (χ4v) is 5.45. The van der Waals surface area contributed by atoms with Crippen molar-refractivity contribution in [2.75, 3.05) is 39.0 Å². The van der Waals surface area contributed by atoms with E-state index < -0.39 is 6.03 Å². The highest BCUT2D eigenvalue weighted by Gasteiger charge is 2.29. The number of imidazole rings is 1. The molecule has 2 aliphatic heterocycles. The number of benzene rings is 2. The van der Waals surface area contributed by atoms with Crippen molar-refractivity contribution in [3.8, 4) is 11.5 Å². The van der Waals surface area contributed by atoms with Gasteiger partial charge in [-0.15, -0.1) is 0 Å². The summed E-state index contributed by atoms with van der Waals surface area (Å²) in [7, 11) is 1.38. The van der Waals surface area contributed by atoms with E-state index in [2.05, 4.69) is 22.0 Å². The molecular formula is C29H36N8O5. The van der Waals surface area contributed by atoms with Crippen molar-refractivity contribution in [2.45, 2.75) is 39.4 Å². The van der Waals surface area contributed by atoms with Crippen molar-refractivity contribution >= 4 is 23.7 Å². The highest BCUT2D eigenvalue weighted by molar-refractivity contribution is 5.99. The second kappa shape index (κ2) is 11.3. The molecule has 6 N–H and O–H groups in total. The van der Waals surface area contributed by atoms with Crippen molar-refractivity contribution in [1.29, 1.82) is 0 Å². The molecule has 0 aliphatic carbocycles. The quantitative estimate of drug-likeness (QED) is 0.201. The molecular weight excluding hydrogens is 540 g/mol. The zero-order valence-electron chi connectivity index (χ0n) is 23.9. The number of hydrazine groups is 1. The molecule has 0 saturated carbocycles. The molecule has 3 aromatic rings. The van der Waals surface area contributed by atoms with Crippen molar-refractivity contribution in [2.24, 2.45) is 5.84 Å². The number of carbonyl (C=O) groups excluding carboxylic acids is 3. The maximum absolute atomic E-state index is 13.3. The summed E-state index contributed by atoms with van der Waals surface area (Å²) < 4.78 is 1.04. The van der Waals surface area contributed by atoms with Crippen LogP contribution in [0.2, 0.25) is 0 Å². The molecule has 3 amide bonds. The van der Waals surface area contributed by atoms with Gasteiger partial charge in [0.2, 0.25) is 0 Å². The summed E-state index contributed by atoms with van der Waals surface area (Å²) in [5.41, 5.74) is 10.0. The normalized spacial score (nSPS) is 15.3. The first-order chi connectivity index (χ1) is 19.9. The van der Waals surface area contributed by atoms with E-state index in [1.807, 2.05) is 19.9 Å². The molecule has 5 rings (SSSR count). The Bertz CT molecular complexity index is 1540. The van der Waals surface area contributed by atoms with Crippen molar-refractivity contribution in [3.05, 3.63) is 70.2 Å². The van der Waals surface area contributed by atoms with Crippen molar-refractivity contribution in [3.63, 3.8) is 0 Å². The van der Waals surface area contributed by atoms with Crippen LogP contribution in [0.5, 0.6) is 11.5 Å². The van der Waals surface area contributed by atoms with Gasteiger partial charge in [-0.25, -0.2) is 20.2 Å². The van der Waals surface area contributed by atoms with Gasteiger partial charge >= 0.3 is 6.03 Å². The number of aromatic hydroxyl groups is 2. The van der Waals surface area contributed by atoms with Gasteiger partial charge in [0.25, 0.3) is 11.8 Å². The van der Waals surface area contributed by atoms with Gasteiger partial charge in [-0.1, -0.05) is 32.0 Å². The third-order valence-electron chi connectivity index (χ3n) is 7.86. The van der Waals surface area contributed by atoms with Crippen LogP contribution < -0.4 is 11.6 Å². The zero-order valence-corrected chi connectivity index (χ0v) is 23.9. The lowest BCUT2D eigenvalue weighted by Crippen LogP contribution is -2.48. The molecule has 1 saturated heterocycles. The zero-order chi connectivity index (χ0) is 30.3. The van der Waals surface area contributed by atoms with Crippen LogP contribution in [0.15, 0.2) is 36.7 Å². The number of amides is 3. The van der Waals surface area contributed by atoms with Crippen LogP contribution in [0.4, 0.5) is 10.6 Å². The minimum atomic E-state index is -0.593. The lowest BCUT2D eigenvalue weighted by atomic mass is 9.98. The fraction of sp³-hybridized carbons (Fsp3) is 0.379. The van der Waals surface area contributed by atoms with E-state index in [1.165, 1.54) is 19.4 Å². The molecule has 1 fully saturated rings. The van der Waals surface area contributed by atoms with Crippen LogP contribution in [0.25, 0.3) is 0 Å². The molecule has 13 nitrogen and oxygen atoms in total. The minimum absolute atomic E-state index is 0.00145. The molecule has 3 heterocycles. The van der Waals surface area contributed by atoms with Gasteiger partial charge in [0, 0.05) is 58.9 Å². The number of hydrogen-bond acceptors (Lipinski definition) is 9. The summed E-state index contributed by atoms with van der Waals surface area (Å²) in [6, 6.07) is 8.42. The lowest BCUT2D eigenvalue weighted by molar-refractivity contribution is 0.0623. The monoisotopic (exact) mass is 576 g/mol.